The second kappa shape index (κ2) is 9.53. The van der Waals surface area contributed by atoms with Gasteiger partial charge in [0.1, 0.15) is 6.04 Å². The van der Waals surface area contributed by atoms with Crippen molar-refractivity contribution >= 4 is 17.7 Å². The van der Waals surface area contributed by atoms with Gasteiger partial charge in [0.05, 0.1) is 0 Å². The van der Waals surface area contributed by atoms with E-state index in [0.717, 1.165) is 25.7 Å². The molecule has 0 spiro atoms. The molecular weight excluding hydrogens is 268 g/mol. The molecule has 3 amide bonds. The third-order valence-electron chi connectivity index (χ3n) is 3.95. The van der Waals surface area contributed by atoms with Gasteiger partial charge >= 0.3 is 0 Å². The van der Waals surface area contributed by atoms with Crippen LogP contribution in [0.5, 0.6) is 0 Å². The fraction of sp³-hybridized carbons (Fsp3) is 0.812. The lowest BCUT2D eigenvalue weighted by atomic mass is 10.1. The Morgan fingerprint density at radius 3 is 2.48 bits per heavy atom. The van der Waals surface area contributed by atoms with Crippen LogP contribution in [0.25, 0.3) is 0 Å². The number of nitrogens with zero attached hydrogens (tertiary/aromatic N) is 1. The Balaban J connectivity index is 2.32. The summed E-state index contributed by atoms with van der Waals surface area (Å²) in [6.07, 6.45) is 7.58. The van der Waals surface area contributed by atoms with Crippen LogP contribution in [0.3, 0.4) is 0 Å². The van der Waals surface area contributed by atoms with Gasteiger partial charge < -0.3 is 4.90 Å². The summed E-state index contributed by atoms with van der Waals surface area (Å²) in [6.45, 7) is 4.64. The molecule has 5 heteroatoms. The minimum Gasteiger partial charge on any atom is -0.331 e. The van der Waals surface area contributed by atoms with Crippen molar-refractivity contribution in [3.63, 3.8) is 0 Å². The number of amides is 3. The zero-order chi connectivity index (χ0) is 15.7. The highest BCUT2D eigenvalue weighted by Crippen LogP contribution is 2.16. The number of likely N-dealkylation sites (tertiary alicyclic amines) is 1. The molecule has 0 radical (unpaired) electrons. The molecule has 0 aromatic heterocycles. The predicted molar refractivity (Wildman–Crippen MR) is 81.6 cm³/mol. The van der Waals surface area contributed by atoms with E-state index in [1.165, 1.54) is 12.8 Å². The van der Waals surface area contributed by atoms with Crippen molar-refractivity contribution in [2.24, 2.45) is 0 Å². The van der Waals surface area contributed by atoms with E-state index >= 15 is 0 Å². The molecule has 1 heterocycles. The smallest absolute Gasteiger partial charge is 0.249 e. The van der Waals surface area contributed by atoms with E-state index in [-0.39, 0.29) is 17.7 Å². The van der Waals surface area contributed by atoms with E-state index in [2.05, 4.69) is 12.2 Å². The summed E-state index contributed by atoms with van der Waals surface area (Å²) in [4.78, 5) is 37.2. The summed E-state index contributed by atoms with van der Waals surface area (Å²) >= 11 is 0. The molecule has 1 atom stereocenters. The maximum atomic E-state index is 12.1. The number of nitrogens with one attached hydrogen (secondary N) is 1. The molecule has 0 aromatic rings. The highest BCUT2D eigenvalue weighted by molar-refractivity contribution is 5.99. The van der Waals surface area contributed by atoms with Gasteiger partial charge in [-0.25, -0.2) is 0 Å². The molecule has 0 bridgehead atoms. The van der Waals surface area contributed by atoms with E-state index in [1.54, 1.807) is 4.90 Å². The van der Waals surface area contributed by atoms with Crippen molar-refractivity contribution in [2.45, 2.75) is 77.7 Å². The van der Waals surface area contributed by atoms with Gasteiger partial charge in [0.15, 0.2) is 0 Å². The van der Waals surface area contributed by atoms with Gasteiger partial charge in [-0.05, 0) is 19.3 Å². The summed E-state index contributed by atoms with van der Waals surface area (Å²) in [7, 11) is 0. The molecule has 5 nitrogen and oxygen atoms in total. The van der Waals surface area contributed by atoms with E-state index in [1.807, 2.05) is 6.92 Å². The molecule has 1 aliphatic rings. The van der Waals surface area contributed by atoms with Gasteiger partial charge in [-0.3, -0.25) is 19.7 Å². The van der Waals surface area contributed by atoms with Crippen LogP contribution in [-0.2, 0) is 14.4 Å². The molecule has 1 unspecified atom stereocenters. The van der Waals surface area contributed by atoms with Crippen LogP contribution >= 0.6 is 0 Å². The zero-order valence-electron chi connectivity index (χ0n) is 13.3. The van der Waals surface area contributed by atoms with Crippen molar-refractivity contribution in [2.75, 3.05) is 6.54 Å². The monoisotopic (exact) mass is 296 g/mol. The van der Waals surface area contributed by atoms with Crippen LogP contribution in [0.1, 0.15) is 71.6 Å². The normalized spacial score (nSPS) is 16.1. The third kappa shape index (κ3) is 5.86. The first-order valence-corrected chi connectivity index (χ1v) is 8.23. The number of imide groups is 1. The maximum absolute atomic E-state index is 12.1. The molecule has 21 heavy (non-hydrogen) atoms. The van der Waals surface area contributed by atoms with Gasteiger partial charge in [0, 0.05) is 19.4 Å². The Hall–Kier alpha value is -1.39. The first-order chi connectivity index (χ1) is 10.1. The molecule has 0 aliphatic carbocycles. The molecule has 1 fully saturated rings. The van der Waals surface area contributed by atoms with Gasteiger partial charge in [-0.1, -0.05) is 39.5 Å². The predicted octanol–water partition coefficient (Wildman–Crippen LogP) is 2.39. The van der Waals surface area contributed by atoms with Gasteiger partial charge in [-0.2, -0.15) is 0 Å². The largest absolute Gasteiger partial charge is 0.331 e. The van der Waals surface area contributed by atoms with E-state index in [0.29, 0.717) is 25.8 Å². The van der Waals surface area contributed by atoms with Crippen LogP contribution in [-0.4, -0.2) is 35.2 Å². The summed E-state index contributed by atoms with van der Waals surface area (Å²) in [6, 6.07) is -0.496. The Labute approximate surface area is 127 Å². The Morgan fingerprint density at radius 2 is 1.90 bits per heavy atom. The lowest BCUT2D eigenvalue weighted by molar-refractivity contribution is -0.140. The minimum atomic E-state index is -0.496. The number of hydrogen-bond donors (Lipinski definition) is 1. The molecule has 0 aromatic carbocycles. The Kier molecular flexibility index (Phi) is 8.01. The number of carbonyl (C=O) groups is 3. The fourth-order valence-electron chi connectivity index (χ4n) is 2.72. The van der Waals surface area contributed by atoms with Crippen LogP contribution in [0.15, 0.2) is 0 Å². The summed E-state index contributed by atoms with van der Waals surface area (Å²) in [5.74, 6) is -0.531. The molecule has 1 aliphatic heterocycles. The van der Waals surface area contributed by atoms with Crippen LogP contribution in [0, 0.1) is 0 Å². The topological polar surface area (TPSA) is 66.5 Å². The van der Waals surface area contributed by atoms with E-state index in [4.69, 9.17) is 0 Å². The Bertz CT molecular complexity index is 369. The summed E-state index contributed by atoms with van der Waals surface area (Å²) in [5.41, 5.74) is 0. The summed E-state index contributed by atoms with van der Waals surface area (Å²) in [5, 5.41) is 2.45. The van der Waals surface area contributed by atoms with Crippen molar-refractivity contribution in [3.8, 4) is 0 Å². The molecule has 0 saturated carbocycles. The molecule has 1 N–H and O–H groups in total. The number of rotatable bonds is 9. The van der Waals surface area contributed by atoms with E-state index in [9.17, 15) is 14.4 Å². The molecule has 1 rings (SSSR count). The number of unbranched alkanes of at least 4 members (excludes halogenated alkanes) is 4. The molecule has 1 saturated heterocycles. The first kappa shape index (κ1) is 17.7. The maximum Gasteiger partial charge on any atom is 0.249 e. The lowest BCUT2D eigenvalue weighted by Gasteiger charge is -2.25. The average Bonchev–Trinajstić information content (AvgIpc) is 2.86. The highest BCUT2D eigenvalue weighted by Gasteiger charge is 2.31. The SMILES string of the molecule is CCCCCCCC(=O)NC(=O)C(CC)N1CCCC1=O. The average molecular weight is 296 g/mol. The highest BCUT2D eigenvalue weighted by atomic mass is 16.2. The van der Waals surface area contributed by atoms with Crippen molar-refractivity contribution in [3.05, 3.63) is 0 Å². The quantitative estimate of drug-likeness (QED) is 0.664. The summed E-state index contributed by atoms with van der Waals surface area (Å²) < 4.78 is 0. The first-order valence-electron chi connectivity index (χ1n) is 8.23. The van der Waals surface area contributed by atoms with Crippen molar-refractivity contribution in [1.82, 2.24) is 10.2 Å². The van der Waals surface area contributed by atoms with Crippen LogP contribution < -0.4 is 5.32 Å². The third-order valence-corrected chi connectivity index (χ3v) is 3.95. The zero-order valence-corrected chi connectivity index (χ0v) is 13.3. The molecule has 120 valence electrons. The second-order valence-corrected chi connectivity index (χ2v) is 5.69. The number of carbonyl (C=O) groups excluding carboxylic acids is 3. The van der Waals surface area contributed by atoms with Gasteiger partial charge in [-0.15, -0.1) is 0 Å². The lowest BCUT2D eigenvalue weighted by Crippen LogP contribution is -2.48. The van der Waals surface area contributed by atoms with Crippen molar-refractivity contribution < 1.29 is 14.4 Å². The van der Waals surface area contributed by atoms with Crippen LogP contribution in [0.2, 0.25) is 0 Å². The number of hydrogen-bond acceptors (Lipinski definition) is 3. The fourth-order valence-corrected chi connectivity index (χ4v) is 2.72. The van der Waals surface area contributed by atoms with Crippen molar-refractivity contribution in [1.29, 1.82) is 0 Å². The minimum absolute atomic E-state index is 0.0176. The standard InChI is InChI=1S/C16H28N2O3/c1-3-5-6-7-8-10-14(19)17-16(21)13(4-2)18-12-9-11-15(18)20/h13H,3-12H2,1-2H3,(H,17,19,21). The van der Waals surface area contributed by atoms with Gasteiger partial charge in [0.25, 0.3) is 0 Å². The van der Waals surface area contributed by atoms with E-state index < -0.39 is 6.04 Å². The second-order valence-electron chi connectivity index (χ2n) is 5.69. The van der Waals surface area contributed by atoms with Gasteiger partial charge in [0.2, 0.25) is 17.7 Å². The molecular formula is C16H28N2O3. The Morgan fingerprint density at radius 1 is 1.19 bits per heavy atom. The van der Waals surface area contributed by atoms with Crippen LogP contribution in [0.4, 0.5) is 0 Å².